The van der Waals surface area contributed by atoms with Crippen LogP contribution < -0.4 is 5.84 Å². The van der Waals surface area contributed by atoms with Crippen LogP contribution in [-0.2, 0) is 9.53 Å². The van der Waals surface area contributed by atoms with Gasteiger partial charge in [-0.05, 0) is 26.7 Å². The topological polar surface area (TPSA) is 86.3 Å². The van der Waals surface area contributed by atoms with Crippen LogP contribution in [0.5, 0.6) is 0 Å². The molecule has 0 spiro atoms. The van der Waals surface area contributed by atoms with Gasteiger partial charge in [0, 0.05) is 25.4 Å². The van der Waals surface area contributed by atoms with Gasteiger partial charge in [-0.2, -0.15) is 0 Å². The summed E-state index contributed by atoms with van der Waals surface area (Å²) >= 11 is 2.95. The highest BCUT2D eigenvalue weighted by atomic mass is 32.2. The molecule has 0 aliphatic heterocycles. The van der Waals surface area contributed by atoms with E-state index in [9.17, 15) is 4.79 Å². The van der Waals surface area contributed by atoms with Crippen LogP contribution in [0.25, 0.3) is 0 Å². The van der Waals surface area contributed by atoms with E-state index in [0.29, 0.717) is 40.5 Å². The molecule has 1 saturated carbocycles. The molecule has 1 amide bonds. The Hall–Kier alpha value is -0.930. The van der Waals surface area contributed by atoms with E-state index in [2.05, 4.69) is 10.2 Å². The zero-order chi connectivity index (χ0) is 16.1. The molecule has 9 heteroatoms. The summed E-state index contributed by atoms with van der Waals surface area (Å²) in [6.07, 6.45) is 2.38. The van der Waals surface area contributed by atoms with E-state index < -0.39 is 0 Å². The molecular weight excluding hydrogens is 322 g/mol. The second-order valence-corrected chi connectivity index (χ2v) is 7.27. The standard InChI is InChI=1S/C13H23N5O2S2/c1-4-17(5-2)11(19)8-21-12-15-16-13(18(12)14)22-10-6-9(7-10)20-3/h9-10H,4-8,14H2,1-3H3. The van der Waals surface area contributed by atoms with Crippen molar-refractivity contribution in [1.29, 1.82) is 0 Å². The van der Waals surface area contributed by atoms with Gasteiger partial charge in [0.2, 0.25) is 16.2 Å². The molecule has 7 nitrogen and oxygen atoms in total. The molecule has 1 aliphatic carbocycles. The van der Waals surface area contributed by atoms with E-state index in [1.54, 1.807) is 23.8 Å². The van der Waals surface area contributed by atoms with Crippen LogP contribution in [0.3, 0.4) is 0 Å². The van der Waals surface area contributed by atoms with Crippen LogP contribution in [-0.4, -0.2) is 63.0 Å². The summed E-state index contributed by atoms with van der Waals surface area (Å²) in [5.41, 5.74) is 0. The third-order valence-electron chi connectivity index (χ3n) is 3.73. The highest BCUT2D eigenvalue weighted by Gasteiger charge is 2.31. The first-order valence-corrected chi connectivity index (χ1v) is 9.26. The lowest BCUT2D eigenvalue weighted by Gasteiger charge is -2.32. The number of ether oxygens (including phenoxy) is 1. The molecule has 0 aromatic carbocycles. The predicted molar refractivity (Wildman–Crippen MR) is 88.5 cm³/mol. The lowest BCUT2D eigenvalue weighted by molar-refractivity contribution is -0.127. The Balaban J connectivity index is 1.84. The fraction of sp³-hybridized carbons (Fsp3) is 0.769. The molecule has 2 N–H and O–H groups in total. The first-order chi connectivity index (χ1) is 10.6. The summed E-state index contributed by atoms with van der Waals surface area (Å²) in [6, 6.07) is 0. The lowest BCUT2D eigenvalue weighted by atomic mass is 9.95. The molecule has 0 atom stereocenters. The Morgan fingerprint density at radius 2 is 2.00 bits per heavy atom. The number of aromatic nitrogens is 3. The number of methoxy groups -OCH3 is 1. The van der Waals surface area contributed by atoms with E-state index in [0.717, 1.165) is 12.8 Å². The number of nitrogens with zero attached hydrogens (tertiary/aromatic N) is 4. The number of carbonyl (C=O) groups is 1. The average Bonchev–Trinajstić information content (AvgIpc) is 2.82. The van der Waals surface area contributed by atoms with E-state index >= 15 is 0 Å². The van der Waals surface area contributed by atoms with Crippen molar-refractivity contribution in [2.45, 2.75) is 48.4 Å². The summed E-state index contributed by atoms with van der Waals surface area (Å²) in [6.45, 7) is 5.37. The highest BCUT2D eigenvalue weighted by molar-refractivity contribution is 8.00. The number of hydrogen-bond donors (Lipinski definition) is 1. The Morgan fingerprint density at radius 1 is 1.36 bits per heavy atom. The van der Waals surface area contributed by atoms with Gasteiger partial charge in [-0.3, -0.25) is 4.79 Å². The number of thioether (sulfide) groups is 2. The van der Waals surface area contributed by atoms with Gasteiger partial charge >= 0.3 is 0 Å². The van der Waals surface area contributed by atoms with Gasteiger partial charge in [0.05, 0.1) is 11.9 Å². The van der Waals surface area contributed by atoms with Crippen LogP contribution in [0, 0.1) is 0 Å². The van der Waals surface area contributed by atoms with Gasteiger partial charge in [0.15, 0.2) is 0 Å². The Morgan fingerprint density at radius 3 is 2.59 bits per heavy atom. The smallest absolute Gasteiger partial charge is 0.233 e. The number of nitrogens with two attached hydrogens (primary N) is 1. The van der Waals surface area contributed by atoms with Crippen molar-refractivity contribution in [2.75, 3.05) is 31.8 Å². The minimum Gasteiger partial charge on any atom is -0.381 e. The van der Waals surface area contributed by atoms with Crippen molar-refractivity contribution in [1.82, 2.24) is 19.8 Å². The molecule has 1 heterocycles. The summed E-state index contributed by atoms with van der Waals surface area (Å²) in [5.74, 6) is 6.44. The Kier molecular flexibility index (Phi) is 6.39. The molecule has 1 aromatic rings. The first kappa shape index (κ1) is 17.4. The van der Waals surface area contributed by atoms with Crippen molar-refractivity contribution in [3.05, 3.63) is 0 Å². The molecule has 1 fully saturated rings. The summed E-state index contributed by atoms with van der Waals surface area (Å²) in [5, 5.41) is 9.94. The molecule has 0 radical (unpaired) electrons. The lowest BCUT2D eigenvalue weighted by Crippen LogP contribution is -2.33. The maximum absolute atomic E-state index is 12.0. The van der Waals surface area contributed by atoms with Gasteiger partial charge in [0.25, 0.3) is 0 Å². The second-order valence-electron chi connectivity index (χ2n) is 5.06. The minimum absolute atomic E-state index is 0.0918. The van der Waals surface area contributed by atoms with Crippen LogP contribution in [0.2, 0.25) is 0 Å². The highest BCUT2D eigenvalue weighted by Crippen LogP contribution is 2.37. The van der Waals surface area contributed by atoms with Crippen LogP contribution in [0.1, 0.15) is 26.7 Å². The van der Waals surface area contributed by atoms with Crippen LogP contribution in [0.4, 0.5) is 0 Å². The quantitative estimate of drug-likeness (QED) is 0.560. The molecule has 22 heavy (non-hydrogen) atoms. The normalized spacial score (nSPS) is 20.7. The van der Waals surface area contributed by atoms with Gasteiger partial charge in [-0.25, -0.2) is 4.68 Å². The molecule has 0 saturated heterocycles. The second kappa shape index (κ2) is 8.07. The molecule has 124 valence electrons. The van der Waals surface area contributed by atoms with Gasteiger partial charge in [-0.1, -0.05) is 23.5 Å². The SMILES string of the molecule is CCN(CC)C(=O)CSc1nnc(SC2CC(OC)C2)n1N. The van der Waals surface area contributed by atoms with Crippen molar-refractivity contribution >= 4 is 29.4 Å². The van der Waals surface area contributed by atoms with Gasteiger partial charge in [0.1, 0.15) is 0 Å². The molecule has 1 aromatic heterocycles. The third-order valence-corrected chi connectivity index (χ3v) is 5.87. The summed E-state index contributed by atoms with van der Waals surface area (Å²) in [7, 11) is 1.73. The van der Waals surface area contributed by atoms with Crippen molar-refractivity contribution < 1.29 is 9.53 Å². The molecule has 2 rings (SSSR count). The first-order valence-electron chi connectivity index (χ1n) is 7.39. The van der Waals surface area contributed by atoms with Crippen molar-refractivity contribution in [3.8, 4) is 0 Å². The Bertz CT molecular complexity index is 501. The number of hydrogen-bond acceptors (Lipinski definition) is 7. The maximum Gasteiger partial charge on any atom is 0.233 e. The molecular formula is C13H23N5O2S2. The summed E-state index contributed by atoms with van der Waals surface area (Å²) in [4.78, 5) is 13.8. The van der Waals surface area contributed by atoms with Gasteiger partial charge < -0.3 is 15.5 Å². The zero-order valence-electron chi connectivity index (χ0n) is 13.2. The number of carbonyl (C=O) groups excluding carboxylic acids is 1. The number of nitrogen functional groups attached to an aromatic ring is 1. The predicted octanol–water partition coefficient (Wildman–Crippen LogP) is 1.22. The van der Waals surface area contributed by atoms with Crippen molar-refractivity contribution in [3.63, 3.8) is 0 Å². The summed E-state index contributed by atoms with van der Waals surface area (Å²) < 4.78 is 6.74. The average molecular weight is 345 g/mol. The fourth-order valence-corrected chi connectivity index (χ4v) is 4.22. The van der Waals surface area contributed by atoms with Crippen LogP contribution >= 0.6 is 23.5 Å². The van der Waals surface area contributed by atoms with E-state index in [1.807, 2.05) is 13.8 Å². The monoisotopic (exact) mass is 345 g/mol. The third kappa shape index (κ3) is 4.08. The minimum atomic E-state index is 0.0918. The molecule has 0 bridgehead atoms. The zero-order valence-corrected chi connectivity index (χ0v) is 14.8. The van der Waals surface area contributed by atoms with Gasteiger partial charge in [-0.15, -0.1) is 10.2 Å². The maximum atomic E-state index is 12.0. The van der Waals surface area contributed by atoms with E-state index in [4.69, 9.17) is 10.6 Å². The van der Waals surface area contributed by atoms with Crippen molar-refractivity contribution in [2.24, 2.45) is 0 Å². The van der Waals surface area contributed by atoms with E-state index in [-0.39, 0.29) is 5.91 Å². The fourth-order valence-electron chi connectivity index (χ4n) is 2.19. The number of amides is 1. The largest absolute Gasteiger partial charge is 0.381 e. The number of rotatable bonds is 8. The van der Waals surface area contributed by atoms with Crippen LogP contribution in [0.15, 0.2) is 10.3 Å². The van der Waals surface area contributed by atoms with E-state index in [1.165, 1.54) is 16.4 Å². The molecule has 0 unspecified atom stereocenters. The Labute approximate surface area is 139 Å². The molecule has 1 aliphatic rings.